The summed E-state index contributed by atoms with van der Waals surface area (Å²) in [5.41, 5.74) is 7.50. The molecule has 2 rings (SSSR count). The number of hydrogen-bond acceptors (Lipinski definition) is 3. The second-order valence-corrected chi connectivity index (χ2v) is 3.35. The van der Waals surface area contributed by atoms with E-state index in [0.717, 1.165) is 11.3 Å². The van der Waals surface area contributed by atoms with Crippen LogP contribution in [0.2, 0.25) is 0 Å². The number of imidazole rings is 1. The first-order valence-electron chi connectivity index (χ1n) is 4.96. The number of aliphatic carboxylic acids is 1. The lowest BCUT2D eigenvalue weighted by atomic mass is 10.2. The van der Waals surface area contributed by atoms with Gasteiger partial charge in [-0.3, -0.25) is 0 Å². The van der Waals surface area contributed by atoms with Crippen LogP contribution in [0.25, 0.3) is 11.3 Å². The SMILES string of the molecule is Nc1ncc(-c2ccccc2)[nH]1.O=C(O)C(F)(F)F. The van der Waals surface area contributed by atoms with Gasteiger partial charge in [0, 0.05) is 0 Å². The summed E-state index contributed by atoms with van der Waals surface area (Å²) in [4.78, 5) is 15.8. The van der Waals surface area contributed by atoms with Gasteiger partial charge in [0.25, 0.3) is 0 Å². The van der Waals surface area contributed by atoms with Crippen LogP contribution in [0, 0.1) is 0 Å². The number of carboxylic acids is 1. The van der Waals surface area contributed by atoms with Crippen molar-refractivity contribution in [2.24, 2.45) is 0 Å². The largest absolute Gasteiger partial charge is 0.490 e. The van der Waals surface area contributed by atoms with Gasteiger partial charge in [-0.25, -0.2) is 9.78 Å². The van der Waals surface area contributed by atoms with Crippen molar-refractivity contribution in [3.63, 3.8) is 0 Å². The number of hydrogen-bond donors (Lipinski definition) is 3. The van der Waals surface area contributed by atoms with Crippen LogP contribution in [0.15, 0.2) is 36.5 Å². The number of H-pyrrole nitrogens is 1. The zero-order valence-electron chi connectivity index (χ0n) is 9.48. The van der Waals surface area contributed by atoms with Crippen LogP contribution in [0.3, 0.4) is 0 Å². The molecule has 0 unspecified atom stereocenters. The third kappa shape index (κ3) is 4.70. The highest BCUT2D eigenvalue weighted by molar-refractivity contribution is 5.73. The predicted molar refractivity (Wildman–Crippen MR) is 62.1 cm³/mol. The van der Waals surface area contributed by atoms with Crippen LogP contribution in [-0.4, -0.2) is 27.2 Å². The standard InChI is InChI=1S/C9H9N3.C2HF3O2/c10-9-11-6-8(12-9)7-4-2-1-3-5-7;3-2(4,5)1(6)7/h1-6H,(H3,10,11,12);(H,6,7). The Labute approximate surface area is 105 Å². The maximum atomic E-state index is 10.6. The van der Waals surface area contributed by atoms with Crippen LogP contribution >= 0.6 is 0 Å². The number of nitrogens with one attached hydrogen (secondary N) is 1. The fourth-order valence-corrected chi connectivity index (χ4v) is 1.10. The minimum Gasteiger partial charge on any atom is -0.475 e. The Balaban J connectivity index is 0.000000224. The lowest BCUT2D eigenvalue weighted by molar-refractivity contribution is -0.192. The third-order valence-corrected chi connectivity index (χ3v) is 1.92. The van der Waals surface area contributed by atoms with E-state index in [0.29, 0.717) is 5.95 Å². The molecule has 0 saturated heterocycles. The quantitative estimate of drug-likeness (QED) is 0.743. The van der Waals surface area contributed by atoms with E-state index in [1.54, 1.807) is 6.20 Å². The number of carboxylic acid groups (broad SMARTS) is 1. The molecule has 0 bridgehead atoms. The molecule has 19 heavy (non-hydrogen) atoms. The fourth-order valence-electron chi connectivity index (χ4n) is 1.10. The van der Waals surface area contributed by atoms with Crippen molar-refractivity contribution >= 4 is 11.9 Å². The molecule has 0 atom stereocenters. The number of benzene rings is 1. The van der Waals surface area contributed by atoms with Crippen LogP contribution in [-0.2, 0) is 4.79 Å². The van der Waals surface area contributed by atoms with Crippen molar-refractivity contribution < 1.29 is 23.1 Å². The van der Waals surface area contributed by atoms with Crippen LogP contribution < -0.4 is 5.73 Å². The minimum atomic E-state index is -5.08. The second kappa shape index (κ2) is 5.89. The van der Waals surface area contributed by atoms with Gasteiger partial charge in [-0.2, -0.15) is 13.2 Å². The molecule has 8 heteroatoms. The van der Waals surface area contributed by atoms with Crippen LogP contribution in [0.4, 0.5) is 19.1 Å². The number of anilines is 1. The molecule has 4 N–H and O–H groups in total. The number of nitrogens with zero attached hydrogens (tertiary/aromatic N) is 1. The number of aromatic nitrogens is 2. The first-order valence-corrected chi connectivity index (χ1v) is 4.96. The van der Waals surface area contributed by atoms with E-state index in [1.807, 2.05) is 30.3 Å². The Hall–Kier alpha value is -2.51. The fraction of sp³-hybridized carbons (Fsp3) is 0.0909. The molecular formula is C11H10F3N3O2. The van der Waals surface area contributed by atoms with Gasteiger partial charge in [0.2, 0.25) is 0 Å². The van der Waals surface area contributed by atoms with Gasteiger partial charge in [-0.05, 0) is 5.56 Å². The van der Waals surface area contributed by atoms with Gasteiger partial charge in [-0.15, -0.1) is 0 Å². The van der Waals surface area contributed by atoms with Crippen molar-refractivity contribution in [3.05, 3.63) is 36.5 Å². The molecule has 0 aliphatic rings. The summed E-state index contributed by atoms with van der Waals surface area (Å²) in [6.45, 7) is 0. The lowest BCUT2D eigenvalue weighted by Crippen LogP contribution is -2.21. The summed E-state index contributed by atoms with van der Waals surface area (Å²) in [6.07, 6.45) is -3.36. The Morgan fingerprint density at radius 2 is 1.79 bits per heavy atom. The summed E-state index contributed by atoms with van der Waals surface area (Å²) in [5, 5.41) is 7.12. The smallest absolute Gasteiger partial charge is 0.475 e. The second-order valence-electron chi connectivity index (χ2n) is 3.35. The number of alkyl halides is 3. The molecular weight excluding hydrogens is 263 g/mol. The number of halogens is 3. The first kappa shape index (κ1) is 14.6. The summed E-state index contributed by atoms with van der Waals surface area (Å²) >= 11 is 0. The van der Waals surface area contributed by atoms with Crippen LogP contribution in [0.5, 0.6) is 0 Å². The number of rotatable bonds is 1. The van der Waals surface area contributed by atoms with Gasteiger partial charge in [-0.1, -0.05) is 30.3 Å². The van der Waals surface area contributed by atoms with Crippen molar-refractivity contribution in [1.82, 2.24) is 9.97 Å². The lowest BCUT2D eigenvalue weighted by Gasteiger charge is -1.93. The van der Waals surface area contributed by atoms with Crippen LogP contribution in [0.1, 0.15) is 0 Å². The van der Waals surface area contributed by atoms with Crippen molar-refractivity contribution in [2.75, 3.05) is 5.73 Å². The molecule has 5 nitrogen and oxygen atoms in total. The van der Waals surface area contributed by atoms with E-state index < -0.39 is 12.1 Å². The van der Waals surface area contributed by atoms with E-state index in [9.17, 15) is 13.2 Å². The highest BCUT2D eigenvalue weighted by Crippen LogP contribution is 2.16. The van der Waals surface area contributed by atoms with E-state index in [1.165, 1.54) is 0 Å². The number of nitrogen functional groups attached to an aromatic ring is 1. The average molecular weight is 273 g/mol. The van der Waals surface area contributed by atoms with Gasteiger partial charge < -0.3 is 15.8 Å². The monoisotopic (exact) mass is 273 g/mol. The number of nitrogens with two attached hydrogens (primary N) is 1. The molecule has 0 aliphatic carbocycles. The topological polar surface area (TPSA) is 92.0 Å². The molecule has 0 spiro atoms. The molecule has 0 fully saturated rings. The normalized spacial score (nSPS) is 10.5. The Morgan fingerprint density at radius 3 is 2.16 bits per heavy atom. The van der Waals surface area contributed by atoms with E-state index in [-0.39, 0.29) is 0 Å². The van der Waals surface area contributed by atoms with Crippen molar-refractivity contribution in [3.8, 4) is 11.3 Å². The van der Waals surface area contributed by atoms with Crippen molar-refractivity contribution in [1.29, 1.82) is 0 Å². The molecule has 2 aromatic rings. The Morgan fingerprint density at radius 1 is 1.26 bits per heavy atom. The highest BCUT2D eigenvalue weighted by atomic mass is 19.4. The van der Waals surface area contributed by atoms with E-state index in [4.69, 9.17) is 15.6 Å². The maximum Gasteiger partial charge on any atom is 0.490 e. The highest BCUT2D eigenvalue weighted by Gasteiger charge is 2.38. The third-order valence-electron chi connectivity index (χ3n) is 1.92. The van der Waals surface area contributed by atoms with Gasteiger partial charge in [0.15, 0.2) is 5.95 Å². The van der Waals surface area contributed by atoms with E-state index >= 15 is 0 Å². The molecule has 0 aliphatic heterocycles. The van der Waals surface area contributed by atoms with Gasteiger partial charge in [0.05, 0.1) is 11.9 Å². The summed E-state index contributed by atoms with van der Waals surface area (Å²) in [5.74, 6) is -2.30. The summed E-state index contributed by atoms with van der Waals surface area (Å²) in [7, 11) is 0. The first-order chi connectivity index (χ1) is 8.80. The van der Waals surface area contributed by atoms with Crippen molar-refractivity contribution in [2.45, 2.75) is 6.18 Å². The zero-order chi connectivity index (χ0) is 14.5. The molecule has 1 aromatic heterocycles. The molecule has 1 aromatic carbocycles. The average Bonchev–Trinajstić information content (AvgIpc) is 2.77. The Kier molecular flexibility index (Phi) is 4.51. The molecule has 0 amide bonds. The summed E-state index contributed by atoms with van der Waals surface area (Å²) in [6, 6.07) is 9.95. The van der Waals surface area contributed by atoms with E-state index in [2.05, 4.69) is 9.97 Å². The Bertz CT molecular complexity index is 538. The summed E-state index contributed by atoms with van der Waals surface area (Å²) < 4.78 is 31.7. The van der Waals surface area contributed by atoms with Gasteiger partial charge in [0.1, 0.15) is 0 Å². The molecule has 102 valence electrons. The zero-order valence-corrected chi connectivity index (χ0v) is 9.48. The molecule has 0 radical (unpaired) electrons. The molecule has 1 heterocycles. The van der Waals surface area contributed by atoms with Gasteiger partial charge >= 0.3 is 12.1 Å². The maximum absolute atomic E-state index is 10.6. The number of aromatic amines is 1. The predicted octanol–water partition coefficient (Wildman–Crippen LogP) is 2.29. The minimum absolute atomic E-state index is 0.453. The molecule has 0 saturated carbocycles. The number of carbonyl (C=O) groups is 1.